The molecule has 6 heteroatoms. The summed E-state index contributed by atoms with van der Waals surface area (Å²) < 4.78 is 4.97. The van der Waals surface area contributed by atoms with Gasteiger partial charge in [0.2, 0.25) is 0 Å². The van der Waals surface area contributed by atoms with Crippen LogP contribution in [0.2, 0.25) is 0 Å². The molecule has 0 saturated carbocycles. The summed E-state index contributed by atoms with van der Waals surface area (Å²) in [5.74, 6) is -0.0983. The zero-order valence-electron chi connectivity index (χ0n) is 8.83. The van der Waals surface area contributed by atoms with Crippen LogP contribution in [-0.4, -0.2) is 17.1 Å². The van der Waals surface area contributed by atoms with E-state index in [1.165, 1.54) is 6.07 Å². The Hall–Kier alpha value is -1.85. The lowest BCUT2D eigenvalue weighted by Gasteiger charge is -2.11. The minimum atomic E-state index is -0.916. The minimum absolute atomic E-state index is 0.0405. The number of carbonyl (C=O) groups is 2. The van der Waals surface area contributed by atoms with Crippen LogP contribution in [0.4, 0.5) is 4.79 Å². The van der Waals surface area contributed by atoms with Gasteiger partial charge in [-0.15, -0.1) is 0 Å². The van der Waals surface area contributed by atoms with Gasteiger partial charge in [0.15, 0.2) is 5.69 Å². The van der Waals surface area contributed by atoms with Gasteiger partial charge in [-0.05, 0) is 0 Å². The van der Waals surface area contributed by atoms with E-state index in [2.05, 4.69) is 5.16 Å². The molecular formula is C9H13N3O3. The van der Waals surface area contributed by atoms with Crippen molar-refractivity contribution >= 4 is 11.9 Å². The highest BCUT2D eigenvalue weighted by atomic mass is 16.5. The lowest BCUT2D eigenvalue weighted by atomic mass is 9.93. The van der Waals surface area contributed by atoms with Crippen LogP contribution in [0.1, 0.15) is 37.0 Å². The van der Waals surface area contributed by atoms with E-state index < -0.39 is 11.9 Å². The molecule has 15 heavy (non-hydrogen) atoms. The summed E-state index contributed by atoms with van der Waals surface area (Å²) >= 11 is 0. The van der Waals surface area contributed by atoms with Gasteiger partial charge in [0.25, 0.3) is 5.91 Å². The molecule has 6 nitrogen and oxygen atoms in total. The second-order valence-corrected chi connectivity index (χ2v) is 4.14. The van der Waals surface area contributed by atoms with Gasteiger partial charge in [-0.25, -0.2) is 4.79 Å². The van der Waals surface area contributed by atoms with Crippen molar-refractivity contribution in [2.45, 2.75) is 26.2 Å². The van der Waals surface area contributed by atoms with E-state index in [9.17, 15) is 9.59 Å². The van der Waals surface area contributed by atoms with E-state index in [-0.39, 0.29) is 11.1 Å². The van der Waals surface area contributed by atoms with E-state index in [1.54, 1.807) is 0 Å². The van der Waals surface area contributed by atoms with Crippen molar-refractivity contribution in [3.05, 3.63) is 17.5 Å². The topological polar surface area (TPSA) is 98.2 Å². The largest absolute Gasteiger partial charge is 0.360 e. The first-order valence-corrected chi connectivity index (χ1v) is 4.38. The van der Waals surface area contributed by atoms with Crippen molar-refractivity contribution in [3.63, 3.8) is 0 Å². The fraction of sp³-hybridized carbons (Fsp3) is 0.444. The molecular weight excluding hydrogens is 198 g/mol. The van der Waals surface area contributed by atoms with Gasteiger partial charge in [0, 0.05) is 11.5 Å². The number of nitrogens with two attached hydrogens (primary N) is 1. The third kappa shape index (κ3) is 2.80. The van der Waals surface area contributed by atoms with Crippen LogP contribution < -0.4 is 11.1 Å². The Morgan fingerprint density at radius 2 is 2.07 bits per heavy atom. The normalized spacial score (nSPS) is 11.1. The quantitative estimate of drug-likeness (QED) is 0.717. The Morgan fingerprint density at radius 1 is 1.47 bits per heavy atom. The summed E-state index contributed by atoms with van der Waals surface area (Å²) in [5, 5.41) is 5.44. The molecule has 0 atom stereocenters. The fourth-order valence-corrected chi connectivity index (χ4v) is 0.912. The molecule has 1 rings (SSSR count). The molecule has 0 bridgehead atoms. The van der Waals surface area contributed by atoms with Crippen molar-refractivity contribution in [3.8, 4) is 0 Å². The second kappa shape index (κ2) is 3.72. The predicted molar refractivity (Wildman–Crippen MR) is 52.3 cm³/mol. The number of hydrogen-bond donors (Lipinski definition) is 2. The average molecular weight is 211 g/mol. The van der Waals surface area contributed by atoms with Gasteiger partial charge in [-0.3, -0.25) is 10.1 Å². The van der Waals surface area contributed by atoms with Crippen molar-refractivity contribution in [1.82, 2.24) is 10.5 Å². The van der Waals surface area contributed by atoms with E-state index in [1.807, 2.05) is 26.1 Å². The molecule has 0 saturated heterocycles. The SMILES string of the molecule is CC(C)(C)c1cc(C(=O)NC(N)=O)no1. The number of rotatable bonds is 1. The molecule has 1 aromatic rings. The zero-order chi connectivity index (χ0) is 11.6. The summed E-state index contributed by atoms with van der Waals surface area (Å²) in [7, 11) is 0. The minimum Gasteiger partial charge on any atom is -0.360 e. The fourth-order valence-electron chi connectivity index (χ4n) is 0.912. The van der Waals surface area contributed by atoms with Gasteiger partial charge >= 0.3 is 6.03 Å². The second-order valence-electron chi connectivity index (χ2n) is 4.14. The highest BCUT2D eigenvalue weighted by molar-refractivity contribution is 6.02. The number of primary amides is 1. The Morgan fingerprint density at radius 3 is 2.47 bits per heavy atom. The molecule has 0 radical (unpaired) electrons. The molecule has 0 aromatic carbocycles. The van der Waals surface area contributed by atoms with Crippen molar-refractivity contribution in [2.24, 2.45) is 5.73 Å². The van der Waals surface area contributed by atoms with E-state index >= 15 is 0 Å². The molecule has 0 unspecified atom stereocenters. The molecule has 0 aliphatic rings. The first-order valence-electron chi connectivity index (χ1n) is 4.38. The average Bonchev–Trinajstić information content (AvgIpc) is 2.48. The van der Waals surface area contributed by atoms with Crippen LogP contribution in [0, 0.1) is 0 Å². The smallest absolute Gasteiger partial charge is 0.319 e. The Kier molecular flexibility index (Phi) is 2.78. The third-order valence-electron chi connectivity index (χ3n) is 1.72. The molecule has 3 N–H and O–H groups in total. The number of nitrogens with zero attached hydrogens (tertiary/aromatic N) is 1. The van der Waals surface area contributed by atoms with Gasteiger partial charge in [0.1, 0.15) is 5.76 Å². The van der Waals surface area contributed by atoms with Crippen LogP contribution in [0.25, 0.3) is 0 Å². The maximum atomic E-state index is 11.3. The Labute approximate surface area is 86.8 Å². The Bertz CT molecular complexity index is 390. The van der Waals surface area contributed by atoms with Crippen molar-refractivity contribution < 1.29 is 14.1 Å². The maximum absolute atomic E-state index is 11.3. The predicted octanol–water partition coefficient (Wildman–Crippen LogP) is 0.781. The molecule has 82 valence electrons. The summed E-state index contributed by atoms with van der Waals surface area (Å²) in [6.45, 7) is 5.76. The van der Waals surface area contributed by atoms with Crippen molar-refractivity contribution in [2.75, 3.05) is 0 Å². The number of aromatic nitrogens is 1. The summed E-state index contributed by atoms with van der Waals surface area (Å²) in [5.41, 5.74) is 4.60. The number of urea groups is 1. The highest BCUT2D eigenvalue weighted by Gasteiger charge is 2.22. The lowest BCUT2D eigenvalue weighted by Crippen LogP contribution is -2.35. The van der Waals surface area contributed by atoms with Crippen LogP contribution in [0.5, 0.6) is 0 Å². The number of nitrogens with one attached hydrogen (secondary N) is 1. The standard InChI is InChI=1S/C9H13N3O3/c1-9(2,3)6-4-5(12-15-6)7(13)11-8(10)14/h4H,1-3H3,(H3,10,11,13,14). The van der Waals surface area contributed by atoms with Crippen LogP contribution in [0.3, 0.4) is 0 Å². The molecule has 1 aromatic heterocycles. The van der Waals surface area contributed by atoms with E-state index in [4.69, 9.17) is 10.3 Å². The van der Waals surface area contributed by atoms with E-state index in [0.717, 1.165) is 0 Å². The third-order valence-corrected chi connectivity index (χ3v) is 1.72. The number of hydrogen-bond acceptors (Lipinski definition) is 4. The number of imide groups is 1. The molecule has 0 aliphatic carbocycles. The highest BCUT2D eigenvalue weighted by Crippen LogP contribution is 2.22. The zero-order valence-corrected chi connectivity index (χ0v) is 8.83. The van der Waals surface area contributed by atoms with Gasteiger partial charge in [-0.2, -0.15) is 0 Å². The monoisotopic (exact) mass is 211 g/mol. The maximum Gasteiger partial charge on any atom is 0.319 e. The lowest BCUT2D eigenvalue weighted by molar-refractivity contribution is 0.0957. The van der Waals surface area contributed by atoms with Crippen LogP contribution >= 0.6 is 0 Å². The number of amides is 3. The number of carbonyl (C=O) groups excluding carboxylic acids is 2. The van der Waals surface area contributed by atoms with Gasteiger partial charge in [0.05, 0.1) is 0 Å². The van der Waals surface area contributed by atoms with Crippen LogP contribution in [-0.2, 0) is 5.41 Å². The summed E-state index contributed by atoms with van der Waals surface area (Å²) in [4.78, 5) is 21.7. The summed E-state index contributed by atoms with van der Waals surface area (Å²) in [6.07, 6.45) is 0. The Balaban J connectivity index is 2.85. The van der Waals surface area contributed by atoms with E-state index in [0.29, 0.717) is 5.76 Å². The van der Waals surface area contributed by atoms with Gasteiger partial charge < -0.3 is 10.3 Å². The first kappa shape index (κ1) is 11.2. The molecule has 1 heterocycles. The molecule has 0 spiro atoms. The molecule has 0 aliphatic heterocycles. The summed E-state index contributed by atoms with van der Waals surface area (Å²) in [6, 6.07) is 0.568. The van der Waals surface area contributed by atoms with Crippen LogP contribution in [0.15, 0.2) is 10.6 Å². The molecule has 0 fully saturated rings. The van der Waals surface area contributed by atoms with Gasteiger partial charge in [-0.1, -0.05) is 25.9 Å². The first-order chi connectivity index (χ1) is 6.80. The molecule has 3 amide bonds. The van der Waals surface area contributed by atoms with Crippen molar-refractivity contribution in [1.29, 1.82) is 0 Å².